The summed E-state index contributed by atoms with van der Waals surface area (Å²) < 4.78 is 12.7. The molecule has 1 aliphatic rings. The van der Waals surface area contributed by atoms with Crippen LogP contribution in [0.3, 0.4) is 0 Å². The molecule has 0 unspecified atom stereocenters. The molecule has 0 aromatic heterocycles. The Kier molecular flexibility index (Phi) is 5.93. The zero-order valence-corrected chi connectivity index (χ0v) is 13.0. The zero-order valence-electron chi connectivity index (χ0n) is 11.3. The second-order valence-corrected chi connectivity index (χ2v) is 6.75. The van der Waals surface area contributed by atoms with Crippen LogP contribution in [0.4, 0.5) is 4.39 Å². The van der Waals surface area contributed by atoms with Gasteiger partial charge in [-0.1, -0.05) is 12.1 Å². The number of carboxylic acids is 1. The molecule has 7 heteroatoms. The second kappa shape index (κ2) is 7.70. The minimum Gasteiger partial charge on any atom is -0.480 e. The number of benzene rings is 1. The van der Waals surface area contributed by atoms with Crippen LogP contribution in [-0.4, -0.2) is 45.3 Å². The van der Waals surface area contributed by atoms with Gasteiger partial charge in [0.25, 0.3) is 0 Å². The number of carbonyl (C=O) groups is 2. The maximum absolute atomic E-state index is 12.7. The summed E-state index contributed by atoms with van der Waals surface area (Å²) in [6.45, 7) is 0. The van der Waals surface area contributed by atoms with Crippen LogP contribution >= 0.6 is 23.5 Å². The third-order valence-electron chi connectivity index (χ3n) is 3.13. The molecule has 1 aromatic carbocycles. The van der Waals surface area contributed by atoms with Gasteiger partial charge in [0.1, 0.15) is 11.9 Å². The summed E-state index contributed by atoms with van der Waals surface area (Å²) in [5.41, 5.74) is 1.01. The van der Waals surface area contributed by atoms with Gasteiger partial charge in [0, 0.05) is 23.7 Å². The molecule has 114 valence electrons. The molecular formula is C14H16FNO3S2. The van der Waals surface area contributed by atoms with E-state index < -0.39 is 12.0 Å². The Hall–Kier alpha value is -1.21. The minimum atomic E-state index is -0.938. The second-order valence-electron chi connectivity index (χ2n) is 4.65. The van der Waals surface area contributed by atoms with E-state index in [1.807, 2.05) is 0 Å². The van der Waals surface area contributed by atoms with Crippen molar-refractivity contribution in [1.29, 1.82) is 0 Å². The number of hydrogen-bond acceptors (Lipinski definition) is 4. The van der Waals surface area contributed by atoms with Crippen molar-refractivity contribution in [3.63, 3.8) is 0 Å². The molecule has 1 aliphatic heterocycles. The first kappa shape index (κ1) is 16.2. The first-order chi connectivity index (χ1) is 10.1. The van der Waals surface area contributed by atoms with E-state index in [9.17, 15) is 14.0 Å². The molecule has 0 aliphatic carbocycles. The highest BCUT2D eigenvalue weighted by atomic mass is 32.2. The quantitative estimate of drug-likeness (QED) is 0.813. The monoisotopic (exact) mass is 329 g/mol. The molecule has 0 radical (unpaired) electrons. The Bertz CT molecular complexity index is 509. The first-order valence-corrected chi connectivity index (χ1v) is 8.81. The van der Waals surface area contributed by atoms with Gasteiger partial charge in [-0.2, -0.15) is 11.8 Å². The molecule has 1 fully saturated rings. The van der Waals surface area contributed by atoms with Crippen molar-refractivity contribution < 1.29 is 19.1 Å². The third kappa shape index (κ3) is 4.64. The van der Waals surface area contributed by atoms with Gasteiger partial charge >= 0.3 is 5.97 Å². The molecule has 0 spiro atoms. The van der Waals surface area contributed by atoms with Gasteiger partial charge in [-0.3, -0.25) is 4.79 Å². The van der Waals surface area contributed by atoms with Gasteiger partial charge < -0.3 is 10.0 Å². The molecule has 1 atom stereocenters. The van der Waals surface area contributed by atoms with Gasteiger partial charge in [0.15, 0.2) is 0 Å². The Balaban J connectivity index is 1.72. The number of rotatable bonds is 6. The van der Waals surface area contributed by atoms with Gasteiger partial charge in [-0.25, -0.2) is 9.18 Å². The van der Waals surface area contributed by atoms with E-state index in [1.54, 1.807) is 23.9 Å². The van der Waals surface area contributed by atoms with Crippen LogP contribution in [0.25, 0.3) is 0 Å². The van der Waals surface area contributed by atoms with Crippen molar-refractivity contribution in [1.82, 2.24) is 4.90 Å². The van der Waals surface area contributed by atoms with Crippen LogP contribution in [0, 0.1) is 5.82 Å². The topological polar surface area (TPSA) is 57.6 Å². The molecule has 0 saturated carbocycles. The summed E-state index contributed by atoms with van der Waals surface area (Å²) in [7, 11) is 0. The van der Waals surface area contributed by atoms with Crippen molar-refractivity contribution >= 4 is 35.4 Å². The van der Waals surface area contributed by atoms with E-state index in [-0.39, 0.29) is 11.7 Å². The smallest absolute Gasteiger partial charge is 0.327 e. The van der Waals surface area contributed by atoms with Crippen molar-refractivity contribution in [2.45, 2.75) is 18.2 Å². The average Bonchev–Trinajstić information content (AvgIpc) is 2.95. The molecule has 1 heterocycles. The summed E-state index contributed by atoms with van der Waals surface area (Å²) in [4.78, 5) is 24.5. The number of halogens is 1. The first-order valence-electron chi connectivity index (χ1n) is 6.50. The van der Waals surface area contributed by atoms with Gasteiger partial charge in [0.05, 0.1) is 5.88 Å². The molecule has 1 amide bonds. The highest BCUT2D eigenvalue weighted by Crippen LogP contribution is 2.22. The summed E-state index contributed by atoms with van der Waals surface area (Å²) >= 11 is 3.05. The van der Waals surface area contributed by atoms with Gasteiger partial charge in [0.2, 0.25) is 5.91 Å². The fourth-order valence-electron chi connectivity index (χ4n) is 1.97. The fraction of sp³-hybridized carbons (Fsp3) is 0.429. The van der Waals surface area contributed by atoms with Gasteiger partial charge in [-0.15, -0.1) is 11.8 Å². The zero-order chi connectivity index (χ0) is 15.2. The molecule has 4 nitrogen and oxygen atoms in total. The van der Waals surface area contributed by atoms with Crippen molar-refractivity contribution in [2.75, 3.05) is 17.4 Å². The number of aliphatic carboxylic acids is 1. The summed E-state index contributed by atoms with van der Waals surface area (Å²) in [5, 5.41) is 9.03. The predicted molar refractivity (Wildman–Crippen MR) is 82.8 cm³/mol. The Morgan fingerprint density at radius 1 is 1.38 bits per heavy atom. The maximum atomic E-state index is 12.7. The molecular weight excluding hydrogens is 313 g/mol. The number of hydrogen-bond donors (Lipinski definition) is 1. The molecule has 1 N–H and O–H groups in total. The summed E-state index contributed by atoms with van der Waals surface area (Å²) in [6, 6.07) is 5.59. The van der Waals surface area contributed by atoms with Crippen LogP contribution in [0.15, 0.2) is 24.3 Å². The minimum absolute atomic E-state index is 0.112. The highest BCUT2D eigenvalue weighted by Gasteiger charge is 2.33. The highest BCUT2D eigenvalue weighted by molar-refractivity contribution is 7.99. The normalized spacial score (nSPS) is 18.0. The predicted octanol–water partition coefficient (Wildman–Crippen LogP) is 2.44. The number of carbonyl (C=O) groups excluding carboxylic acids is 1. The lowest BCUT2D eigenvalue weighted by Crippen LogP contribution is -2.41. The maximum Gasteiger partial charge on any atom is 0.327 e. The van der Waals surface area contributed by atoms with E-state index >= 15 is 0 Å². The Morgan fingerprint density at radius 3 is 2.76 bits per heavy atom. The van der Waals surface area contributed by atoms with E-state index in [0.717, 1.165) is 5.56 Å². The largest absolute Gasteiger partial charge is 0.480 e. The Labute approximate surface area is 131 Å². The van der Waals surface area contributed by atoms with Crippen molar-refractivity contribution in [3.8, 4) is 0 Å². The Morgan fingerprint density at radius 2 is 2.10 bits per heavy atom. The molecule has 0 bridgehead atoms. The van der Waals surface area contributed by atoms with Crippen LogP contribution in [0.5, 0.6) is 0 Å². The standard InChI is InChI=1S/C14H16FNO3S2/c15-11-3-1-10(2-4-11)7-20-6-5-13(17)16-9-21-8-12(16)14(18)19/h1-4,12H,5-9H2,(H,18,19)/t12-/m0/s1. The van der Waals surface area contributed by atoms with Crippen LogP contribution in [-0.2, 0) is 15.3 Å². The lowest BCUT2D eigenvalue weighted by molar-refractivity contribution is -0.147. The van der Waals surface area contributed by atoms with Crippen LogP contribution in [0.1, 0.15) is 12.0 Å². The number of nitrogens with zero attached hydrogens (tertiary/aromatic N) is 1. The van der Waals surface area contributed by atoms with Crippen molar-refractivity contribution in [2.24, 2.45) is 0 Å². The SMILES string of the molecule is O=C(O)[C@@H]1CSCN1C(=O)CCSCc1ccc(F)cc1. The molecule has 2 rings (SSSR count). The summed E-state index contributed by atoms with van der Waals surface area (Å²) in [6.07, 6.45) is 0.330. The lowest BCUT2D eigenvalue weighted by Gasteiger charge is -2.20. The molecule has 1 saturated heterocycles. The lowest BCUT2D eigenvalue weighted by atomic mass is 10.2. The third-order valence-corrected chi connectivity index (χ3v) is 5.17. The number of amides is 1. The van der Waals surface area contributed by atoms with E-state index in [2.05, 4.69) is 0 Å². The number of carboxylic acid groups (broad SMARTS) is 1. The van der Waals surface area contributed by atoms with Crippen LogP contribution < -0.4 is 0 Å². The van der Waals surface area contributed by atoms with E-state index in [1.165, 1.54) is 28.8 Å². The van der Waals surface area contributed by atoms with Crippen molar-refractivity contribution in [3.05, 3.63) is 35.6 Å². The van der Waals surface area contributed by atoms with E-state index in [0.29, 0.717) is 29.6 Å². The fourth-order valence-corrected chi connectivity index (χ4v) is 4.03. The van der Waals surface area contributed by atoms with Gasteiger partial charge in [-0.05, 0) is 17.7 Å². The number of thioether (sulfide) groups is 2. The molecule has 21 heavy (non-hydrogen) atoms. The van der Waals surface area contributed by atoms with E-state index in [4.69, 9.17) is 5.11 Å². The summed E-state index contributed by atoms with van der Waals surface area (Å²) in [5.74, 6) is 0.952. The molecule has 1 aromatic rings. The average molecular weight is 329 g/mol. The van der Waals surface area contributed by atoms with Crippen LogP contribution in [0.2, 0.25) is 0 Å².